The Labute approximate surface area is 266 Å². The Morgan fingerprint density at radius 2 is 1.53 bits per heavy atom. The molecule has 2 unspecified atom stereocenters. The van der Waals surface area contributed by atoms with Gasteiger partial charge in [-0.05, 0) is 70.6 Å². The molecule has 0 spiro atoms. The standard InChI is InChI=1S/C42H29NOS/c1-4-16-36-35(13-1)40-37(24-23-33-31-11-2-5-17-38(31)44-41(33)40)43(36)29-21-19-26(20-22-29)27-9-7-10-28(25-27)30-14-8-15-34-32-12-3-6-18-39(32)45-42(30)34/h1-4,6-16,18-25,40-41H,5,17H2. The molecule has 1 aromatic heterocycles. The molecule has 10 rings (SSSR count). The van der Waals surface area contributed by atoms with Gasteiger partial charge >= 0.3 is 0 Å². The van der Waals surface area contributed by atoms with Crippen molar-refractivity contribution in [2.75, 3.05) is 4.90 Å². The SMILES string of the molecule is C1=CC2=C(CC1)OC1C2=CC=C2C1c1ccccc1N2c1ccc(-c2cccc(-c3cccc4c3sc3ccccc34)c2)cc1. The molecule has 2 aliphatic carbocycles. The normalized spacial score (nSPS) is 19.6. The number of allylic oxidation sites excluding steroid dienone is 5. The minimum absolute atomic E-state index is 0.0382. The topological polar surface area (TPSA) is 12.5 Å². The summed E-state index contributed by atoms with van der Waals surface area (Å²) in [6.45, 7) is 0. The van der Waals surface area contributed by atoms with Crippen LogP contribution >= 0.6 is 11.3 Å². The van der Waals surface area contributed by atoms with Crippen LogP contribution in [0.3, 0.4) is 0 Å². The van der Waals surface area contributed by atoms with Gasteiger partial charge in [0, 0.05) is 54.8 Å². The second kappa shape index (κ2) is 9.69. The lowest BCUT2D eigenvalue weighted by Crippen LogP contribution is -2.26. The molecule has 3 heteroatoms. The summed E-state index contributed by atoms with van der Waals surface area (Å²) in [5.74, 6) is 1.35. The molecule has 0 radical (unpaired) electrons. The molecule has 214 valence electrons. The Morgan fingerprint density at radius 1 is 0.711 bits per heavy atom. The fourth-order valence-electron chi connectivity index (χ4n) is 7.82. The van der Waals surface area contributed by atoms with Gasteiger partial charge in [-0.3, -0.25) is 0 Å². The molecule has 2 aliphatic heterocycles. The summed E-state index contributed by atoms with van der Waals surface area (Å²) < 4.78 is 9.38. The fourth-order valence-corrected chi connectivity index (χ4v) is 9.06. The van der Waals surface area contributed by atoms with Crippen molar-refractivity contribution >= 4 is 42.9 Å². The highest BCUT2D eigenvalue weighted by Gasteiger charge is 2.47. The Kier molecular flexibility index (Phi) is 5.43. The number of para-hydroxylation sites is 1. The molecule has 5 aromatic carbocycles. The number of hydrogen-bond donors (Lipinski definition) is 0. The zero-order valence-electron chi connectivity index (χ0n) is 24.6. The number of ether oxygens (including phenoxy) is 1. The van der Waals surface area contributed by atoms with Crippen LogP contribution in [0, 0.1) is 0 Å². The highest BCUT2D eigenvalue weighted by atomic mass is 32.1. The lowest BCUT2D eigenvalue weighted by molar-refractivity contribution is 0.144. The van der Waals surface area contributed by atoms with E-state index >= 15 is 0 Å². The Hall–Kier alpha value is -5.12. The molecular formula is C42H29NOS. The molecule has 2 nitrogen and oxygen atoms in total. The van der Waals surface area contributed by atoms with Gasteiger partial charge in [0.2, 0.25) is 0 Å². The predicted molar refractivity (Wildman–Crippen MR) is 188 cm³/mol. The summed E-state index contributed by atoms with van der Waals surface area (Å²) in [6, 6.07) is 42.3. The summed E-state index contributed by atoms with van der Waals surface area (Å²) in [7, 11) is 0. The minimum atomic E-state index is 0.0382. The molecule has 0 fully saturated rings. The molecule has 0 saturated heterocycles. The van der Waals surface area contributed by atoms with Gasteiger partial charge in [0.15, 0.2) is 0 Å². The number of thiophene rings is 1. The molecule has 2 atom stereocenters. The number of anilines is 2. The monoisotopic (exact) mass is 595 g/mol. The van der Waals surface area contributed by atoms with Gasteiger partial charge in [0.05, 0.1) is 5.92 Å². The maximum atomic E-state index is 6.69. The maximum absolute atomic E-state index is 6.69. The molecule has 0 amide bonds. The van der Waals surface area contributed by atoms with Gasteiger partial charge in [0.25, 0.3) is 0 Å². The van der Waals surface area contributed by atoms with Crippen molar-refractivity contribution in [3.8, 4) is 22.3 Å². The molecule has 4 aliphatic rings. The van der Waals surface area contributed by atoms with E-state index < -0.39 is 0 Å². The Balaban J connectivity index is 1.02. The van der Waals surface area contributed by atoms with Crippen molar-refractivity contribution in [2.45, 2.75) is 24.9 Å². The van der Waals surface area contributed by atoms with Crippen LogP contribution in [0.1, 0.15) is 24.3 Å². The van der Waals surface area contributed by atoms with Crippen LogP contribution in [0.25, 0.3) is 42.4 Å². The first-order chi connectivity index (χ1) is 22.3. The molecule has 6 aromatic rings. The first kappa shape index (κ1) is 25.2. The average Bonchev–Trinajstić information content (AvgIpc) is 3.78. The van der Waals surface area contributed by atoms with E-state index in [0.717, 1.165) is 18.6 Å². The first-order valence-corrected chi connectivity index (χ1v) is 16.6. The quantitative estimate of drug-likeness (QED) is 0.202. The second-order valence-electron chi connectivity index (χ2n) is 12.3. The lowest BCUT2D eigenvalue weighted by atomic mass is 9.82. The van der Waals surface area contributed by atoms with Crippen molar-refractivity contribution in [3.05, 3.63) is 168 Å². The van der Waals surface area contributed by atoms with Crippen molar-refractivity contribution < 1.29 is 4.74 Å². The first-order valence-electron chi connectivity index (χ1n) is 15.8. The van der Waals surface area contributed by atoms with Crippen molar-refractivity contribution in [1.29, 1.82) is 0 Å². The largest absolute Gasteiger partial charge is 0.488 e. The van der Waals surface area contributed by atoms with E-state index in [1.54, 1.807) is 0 Å². The third-order valence-electron chi connectivity index (χ3n) is 9.87. The second-order valence-corrected chi connectivity index (χ2v) is 13.4. The smallest absolute Gasteiger partial charge is 0.136 e. The number of benzene rings is 5. The summed E-state index contributed by atoms with van der Waals surface area (Å²) in [6.07, 6.45) is 11.3. The van der Waals surface area contributed by atoms with E-state index in [9.17, 15) is 0 Å². The number of fused-ring (bicyclic) bond motifs is 9. The summed E-state index contributed by atoms with van der Waals surface area (Å²) in [4.78, 5) is 2.44. The third kappa shape index (κ3) is 3.74. The average molecular weight is 596 g/mol. The van der Waals surface area contributed by atoms with Crippen LogP contribution < -0.4 is 4.90 Å². The van der Waals surface area contributed by atoms with Crippen LogP contribution in [0.2, 0.25) is 0 Å². The van der Waals surface area contributed by atoms with E-state index in [1.165, 1.54) is 76.2 Å². The van der Waals surface area contributed by atoms with Crippen LogP contribution in [-0.2, 0) is 4.74 Å². The van der Waals surface area contributed by atoms with Crippen LogP contribution in [0.15, 0.2) is 162 Å². The van der Waals surface area contributed by atoms with E-state index in [4.69, 9.17) is 4.74 Å². The molecule has 3 heterocycles. The predicted octanol–water partition coefficient (Wildman–Crippen LogP) is 11.5. The van der Waals surface area contributed by atoms with Gasteiger partial charge in [-0.1, -0.05) is 103 Å². The number of nitrogens with zero attached hydrogens (tertiary/aromatic N) is 1. The van der Waals surface area contributed by atoms with Gasteiger partial charge < -0.3 is 9.64 Å². The molecule has 0 bridgehead atoms. The van der Waals surface area contributed by atoms with Gasteiger partial charge in [-0.2, -0.15) is 0 Å². The maximum Gasteiger partial charge on any atom is 0.136 e. The van der Waals surface area contributed by atoms with E-state index in [2.05, 4.69) is 144 Å². The van der Waals surface area contributed by atoms with Crippen LogP contribution in [0.5, 0.6) is 0 Å². The zero-order valence-corrected chi connectivity index (χ0v) is 25.4. The van der Waals surface area contributed by atoms with Crippen molar-refractivity contribution in [1.82, 2.24) is 0 Å². The number of hydrogen-bond acceptors (Lipinski definition) is 3. The molecule has 0 N–H and O–H groups in total. The van der Waals surface area contributed by atoms with Gasteiger partial charge in [-0.15, -0.1) is 11.3 Å². The van der Waals surface area contributed by atoms with E-state index in [0.29, 0.717) is 0 Å². The summed E-state index contributed by atoms with van der Waals surface area (Å²) in [5, 5.41) is 2.67. The van der Waals surface area contributed by atoms with Crippen LogP contribution in [-0.4, -0.2) is 6.10 Å². The van der Waals surface area contributed by atoms with Gasteiger partial charge in [-0.25, -0.2) is 0 Å². The number of rotatable bonds is 3. The summed E-state index contributed by atoms with van der Waals surface area (Å²) >= 11 is 1.89. The molecule has 45 heavy (non-hydrogen) atoms. The third-order valence-corrected chi connectivity index (χ3v) is 11.1. The fraction of sp³-hybridized carbons (Fsp3) is 0.0952. The highest BCUT2D eigenvalue weighted by molar-refractivity contribution is 7.26. The molecule has 0 saturated carbocycles. The zero-order chi connectivity index (χ0) is 29.5. The van der Waals surface area contributed by atoms with Gasteiger partial charge in [0.1, 0.15) is 11.9 Å². The van der Waals surface area contributed by atoms with E-state index in [1.807, 2.05) is 11.3 Å². The minimum Gasteiger partial charge on any atom is -0.488 e. The van der Waals surface area contributed by atoms with Crippen LogP contribution in [0.4, 0.5) is 11.4 Å². The molecular weight excluding hydrogens is 567 g/mol. The van der Waals surface area contributed by atoms with E-state index in [-0.39, 0.29) is 12.0 Å². The Bertz CT molecular complexity index is 2320. The van der Waals surface area contributed by atoms with Crippen molar-refractivity contribution in [2.24, 2.45) is 0 Å². The highest BCUT2D eigenvalue weighted by Crippen LogP contribution is 2.56. The summed E-state index contributed by atoms with van der Waals surface area (Å²) in [5.41, 5.74) is 12.7. The lowest BCUT2D eigenvalue weighted by Gasteiger charge is -2.29. The van der Waals surface area contributed by atoms with Crippen molar-refractivity contribution in [3.63, 3.8) is 0 Å². The Morgan fingerprint density at radius 3 is 2.49 bits per heavy atom.